The fourth-order valence-electron chi connectivity index (χ4n) is 2.79. The van der Waals surface area contributed by atoms with Crippen LogP contribution >= 0.6 is 0 Å². The van der Waals surface area contributed by atoms with Crippen molar-refractivity contribution in [2.75, 3.05) is 12.9 Å². The molecule has 0 amide bonds. The first-order valence-electron chi connectivity index (χ1n) is 5.34. The van der Waals surface area contributed by atoms with Crippen LogP contribution in [0, 0.1) is 11.3 Å². The van der Waals surface area contributed by atoms with Gasteiger partial charge in [-0.05, 0) is 49.9 Å². The molecule has 0 radical (unpaired) electrons. The summed E-state index contributed by atoms with van der Waals surface area (Å²) in [4.78, 5) is 0. The molecule has 0 heterocycles. The first-order valence-corrected chi connectivity index (χ1v) is 7.15. The average molecular weight is 218 g/mol. The van der Waals surface area contributed by atoms with Gasteiger partial charge >= 0.3 is 0 Å². The maximum Gasteiger partial charge on any atom is 0.264 e. The van der Waals surface area contributed by atoms with Crippen molar-refractivity contribution in [3.05, 3.63) is 0 Å². The van der Waals surface area contributed by atoms with Gasteiger partial charge in [-0.15, -0.1) is 0 Å². The number of fused-ring (bicyclic) bond motifs is 3. The lowest BCUT2D eigenvalue weighted by Crippen LogP contribution is -2.38. The van der Waals surface area contributed by atoms with Crippen LogP contribution in [0.25, 0.3) is 0 Å². The quantitative estimate of drug-likeness (QED) is 0.680. The van der Waals surface area contributed by atoms with Gasteiger partial charge in [0.1, 0.15) is 0 Å². The highest BCUT2D eigenvalue weighted by molar-refractivity contribution is 7.85. The smallest absolute Gasteiger partial charge is 0.264 e. The lowest BCUT2D eigenvalue weighted by Gasteiger charge is -2.46. The first-order chi connectivity index (χ1) is 6.49. The predicted molar refractivity (Wildman–Crippen MR) is 54.4 cm³/mol. The molecule has 0 aromatic heterocycles. The maximum absolute atomic E-state index is 10.9. The maximum atomic E-state index is 10.9. The zero-order valence-electron chi connectivity index (χ0n) is 8.66. The van der Waals surface area contributed by atoms with E-state index >= 15 is 0 Å². The van der Waals surface area contributed by atoms with Gasteiger partial charge in [-0.25, -0.2) is 0 Å². The molecule has 3 nitrogen and oxygen atoms in total. The van der Waals surface area contributed by atoms with Crippen LogP contribution < -0.4 is 0 Å². The fraction of sp³-hybridized carbons (Fsp3) is 1.00. The van der Waals surface area contributed by atoms with Gasteiger partial charge in [-0.3, -0.25) is 4.18 Å². The molecule has 0 unspecified atom stereocenters. The van der Waals surface area contributed by atoms with Gasteiger partial charge in [0.05, 0.1) is 12.9 Å². The summed E-state index contributed by atoms with van der Waals surface area (Å²) in [5.41, 5.74) is 0.192. The van der Waals surface area contributed by atoms with Crippen LogP contribution in [0.4, 0.5) is 0 Å². The van der Waals surface area contributed by atoms with E-state index in [1.807, 2.05) is 0 Å². The van der Waals surface area contributed by atoms with E-state index in [4.69, 9.17) is 4.18 Å². The monoisotopic (exact) mass is 218 g/mol. The molecule has 0 atom stereocenters. The fourth-order valence-corrected chi connectivity index (χ4v) is 3.25. The first kappa shape index (κ1) is 10.4. The lowest BCUT2D eigenvalue weighted by molar-refractivity contribution is 0.0216. The number of rotatable bonds is 3. The van der Waals surface area contributed by atoms with E-state index in [-0.39, 0.29) is 5.41 Å². The highest BCUT2D eigenvalue weighted by Crippen LogP contribution is 2.50. The number of hydrogen-bond donors (Lipinski definition) is 0. The predicted octanol–water partition coefficient (Wildman–Crippen LogP) is 1.93. The van der Waals surface area contributed by atoms with Crippen LogP contribution in [0.2, 0.25) is 0 Å². The Kier molecular flexibility index (Phi) is 2.60. The summed E-state index contributed by atoms with van der Waals surface area (Å²) in [6, 6.07) is 0. The Morgan fingerprint density at radius 1 is 1.21 bits per heavy atom. The Labute approximate surface area is 86.0 Å². The SMILES string of the molecule is CS(=O)(=O)OCC12CCC(CC1)CC2. The van der Waals surface area contributed by atoms with E-state index < -0.39 is 10.1 Å². The van der Waals surface area contributed by atoms with E-state index in [0.29, 0.717) is 6.61 Å². The summed E-state index contributed by atoms with van der Waals surface area (Å²) in [5.74, 6) is 0.912. The summed E-state index contributed by atoms with van der Waals surface area (Å²) in [7, 11) is -3.25. The van der Waals surface area contributed by atoms with Crippen molar-refractivity contribution >= 4 is 10.1 Å². The van der Waals surface area contributed by atoms with Gasteiger partial charge in [0.25, 0.3) is 10.1 Å². The zero-order chi connectivity index (χ0) is 10.2. The highest BCUT2D eigenvalue weighted by atomic mass is 32.2. The van der Waals surface area contributed by atoms with Gasteiger partial charge < -0.3 is 0 Å². The molecule has 0 spiro atoms. The molecule has 3 saturated carbocycles. The van der Waals surface area contributed by atoms with Gasteiger partial charge in [0.15, 0.2) is 0 Å². The van der Waals surface area contributed by atoms with Crippen molar-refractivity contribution in [3.63, 3.8) is 0 Å². The van der Waals surface area contributed by atoms with Crippen molar-refractivity contribution in [1.82, 2.24) is 0 Å². The summed E-state index contributed by atoms with van der Waals surface area (Å²) in [6.45, 7) is 0.415. The number of hydrogen-bond acceptors (Lipinski definition) is 3. The Bertz CT molecular complexity index is 286. The summed E-state index contributed by atoms with van der Waals surface area (Å²) in [5, 5.41) is 0. The minimum absolute atomic E-state index is 0.192. The Balaban J connectivity index is 1.95. The van der Waals surface area contributed by atoms with Crippen LogP contribution in [0.5, 0.6) is 0 Å². The second-order valence-corrected chi connectivity index (χ2v) is 6.59. The highest BCUT2D eigenvalue weighted by Gasteiger charge is 2.41. The van der Waals surface area contributed by atoms with Crippen molar-refractivity contribution < 1.29 is 12.6 Å². The zero-order valence-corrected chi connectivity index (χ0v) is 9.48. The van der Waals surface area contributed by atoms with E-state index in [0.717, 1.165) is 31.4 Å². The van der Waals surface area contributed by atoms with Crippen LogP contribution in [-0.4, -0.2) is 21.3 Å². The lowest BCUT2D eigenvalue weighted by atomic mass is 9.61. The molecular formula is C10H18O3S. The van der Waals surface area contributed by atoms with E-state index in [1.165, 1.54) is 19.3 Å². The van der Waals surface area contributed by atoms with Crippen molar-refractivity contribution in [1.29, 1.82) is 0 Å². The Morgan fingerprint density at radius 3 is 2.14 bits per heavy atom. The minimum atomic E-state index is -3.25. The normalized spacial score (nSPS) is 37.4. The molecule has 0 aliphatic heterocycles. The second kappa shape index (κ2) is 3.49. The molecule has 3 rings (SSSR count). The van der Waals surface area contributed by atoms with Gasteiger partial charge in [-0.1, -0.05) is 0 Å². The van der Waals surface area contributed by atoms with E-state index in [9.17, 15) is 8.42 Å². The summed E-state index contributed by atoms with van der Waals surface area (Å²) < 4.78 is 26.8. The van der Waals surface area contributed by atoms with Crippen molar-refractivity contribution in [3.8, 4) is 0 Å². The summed E-state index contributed by atoms with van der Waals surface area (Å²) in [6.07, 6.45) is 8.43. The molecule has 2 bridgehead atoms. The molecule has 0 saturated heterocycles. The third-order valence-electron chi connectivity index (χ3n) is 3.83. The standard InChI is InChI=1S/C10H18O3S/c1-14(11,12)13-8-10-5-2-9(3-6-10)4-7-10/h9H,2-8H2,1H3. The second-order valence-electron chi connectivity index (χ2n) is 4.95. The third-order valence-corrected chi connectivity index (χ3v) is 4.37. The van der Waals surface area contributed by atoms with Crippen LogP contribution in [-0.2, 0) is 14.3 Å². The molecule has 0 aromatic carbocycles. The molecule has 3 fully saturated rings. The van der Waals surface area contributed by atoms with E-state index in [2.05, 4.69) is 0 Å². The van der Waals surface area contributed by atoms with Crippen molar-refractivity contribution in [2.24, 2.45) is 11.3 Å². The van der Waals surface area contributed by atoms with Crippen LogP contribution in [0.3, 0.4) is 0 Å². The summed E-state index contributed by atoms with van der Waals surface area (Å²) >= 11 is 0. The van der Waals surface area contributed by atoms with Gasteiger partial charge in [0, 0.05) is 0 Å². The molecule has 0 N–H and O–H groups in total. The molecular weight excluding hydrogens is 200 g/mol. The van der Waals surface area contributed by atoms with Crippen LogP contribution in [0.1, 0.15) is 38.5 Å². The average Bonchev–Trinajstić information content (AvgIpc) is 2.17. The molecule has 82 valence electrons. The molecule has 3 aliphatic carbocycles. The molecule has 14 heavy (non-hydrogen) atoms. The van der Waals surface area contributed by atoms with E-state index in [1.54, 1.807) is 0 Å². The largest absolute Gasteiger partial charge is 0.270 e. The third kappa shape index (κ3) is 2.28. The molecule has 4 heteroatoms. The van der Waals surface area contributed by atoms with Gasteiger partial charge in [0.2, 0.25) is 0 Å². The molecule has 3 aliphatic rings. The van der Waals surface area contributed by atoms with Gasteiger partial charge in [-0.2, -0.15) is 8.42 Å². The van der Waals surface area contributed by atoms with Crippen molar-refractivity contribution in [2.45, 2.75) is 38.5 Å². The molecule has 0 aromatic rings. The van der Waals surface area contributed by atoms with Crippen LogP contribution in [0.15, 0.2) is 0 Å². The minimum Gasteiger partial charge on any atom is -0.270 e. The Morgan fingerprint density at radius 2 is 1.71 bits per heavy atom. The Hall–Kier alpha value is -0.0900. The topological polar surface area (TPSA) is 43.4 Å².